The van der Waals surface area contributed by atoms with Crippen molar-refractivity contribution in [2.24, 2.45) is 16.2 Å². The highest BCUT2D eigenvalue weighted by Gasteiger charge is 2.42. The zero-order valence-corrected chi connectivity index (χ0v) is 18.9. The van der Waals surface area contributed by atoms with E-state index < -0.39 is 23.7 Å². The molecule has 0 aromatic heterocycles. The highest BCUT2D eigenvalue weighted by atomic mass is 79.9. The number of carbonyl (C=O) groups is 1. The highest BCUT2D eigenvalue weighted by Crippen LogP contribution is 2.57. The van der Waals surface area contributed by atoms with E-state index in [1.54, 1.807) is 19.1 Å². The molecule has 1 amide bonds. The molecular formula is C21H19BrFN3O6. The number of hydrogen-bond acceptors (Lipinski definition) is 8. The normalized spacial score (nSPS) is 19.0. The maximum Gasteiger partial charge on any atom is 0.289 e. The first-order valence-corrected chi connectivity index (χ1v) is 10.3. The Hall–Kier alpha value is -3.34. The molecular weight excluding hydrogens is 489 g/mol. The van der Waals surface area contributed by atoms with Gasteiger partial charge in [0.1, 0.15) is 5.82 Å². The Morgan fingerprint density at radius 2 is 2.03 bits per heavy atom. The molecule has 2 atom stereocenters. The van der Waals surface area contributed by atoms with E-state index in [2.05, 4.69) is 31.6 Å². The van der Waals surface area contributed by atoms with Gasteiger partial charge in [-0.05, 0) is 33.6 Å². The van der Waals surface area contributed by atoms with Crippen LogP contribution >= 0.6 is 15.9 Å². The molecule has 4 rings (SSSR count). The van der Waals surface area contributed by atoms with Crippen LogP contribution in [0.25, 0.3) is 0 Å². The third-order valence-corrected chi connectivity index (χ3v) is 5.80. The number of halogens is 2. The Labute approximate surface area is 191 Å². The van der Waals surface area contributed by atoms with Crippen molar-refractivity contribution in [3.63, 3.8) is 0 Å². The number of carbonyl (C=O) groups excluding carboxylic acids is 1. The van der Waals surface area contributed by atoms with E-state index in [0.717, 1.165) is 0 Å². The Kier molecular flexibility index (Phi) is 6.17. The Bertz CT molecular complexity index is 1120. The quantitative estimate of drug-likeness (QED) is 0.474. The van der Waals surface area contributed by atoms with Crippen molar-refractivity contribution >= 4 is 33.8 Å². The van der Waals surface area contributed by atoms with Crippen molar-refractivity contribution in [2.75, 3.05) is 21.0 Å². The second-order valence-corrected chi connectivity index (χ2v) is 7.70. The first-order valence-electron chi connectivity index (χ1n) is 9.51. The Morgan fingerprint density at radius 1 is 1.28 bits per heavy atom. The summed E-state index contributed by atoms with van der Waals surface area (Å²) in [6.07, 6.45) is 0.664. The van der Waals surface area contributed by atoms with E-state index in [-0.39, 0.29) is 12.5 Å². The fourth-order valence-electron chi connectivity index (χ4n) is 3.49. The van der Waals surface area contributed by atoms with Crippen molar-refractivity contribution in [1.82, 2.24) is 5.43 Å². The summed E-state index contributed by atoms with van der Waals surface area (Å²) in [5, 5.41) is 7.83. The van der Waals surface area contributed by atoms with Gasteiger partial charge in [-0.3, -0.25) is 4.79 Å². The van der Waals surface area contributed by atoms with Crippen molar-refractivity contribution in [3.05, 3.63) is 45.7 Å². The summed E-state index contributed by atoms with van der Waals surface area (Å²) in [4.78, 5) is 18.2. The number of hydrogen-bond donors (Lipinski definition) is 1. The lowest BCUT2D eigenvalue weighted by molar-refractivity contribution is -0.115. The third-order valence-electron chi connectivity index (χ3n) is 5.01. The van der Waals surface area contributed by atoms with Crippen LogP contribution in [0.3, 0.4) is 0 Å². The van der Waals surface area contributed by atoms with Crippen LogP contribution in [0.2, 0.25) is 0 Å². The van der Waals surface area contributed by atoms with Gasteiger partial charge in [0.25, 0.3) is 5.91 Å². The van der Waals surface area contributed by atoms with E-state index in [4.69, 9.17) is 23.8 Å². The van der Waals surface area contributed by atoms with Crippen LogP contribution in [0.1, 0.15) is 24.2 Å². The summed E-state index contributed by atoms with van der Waals surface area (Å²) in [6.45, 7) is 1.82. The first-order chi connectivity index (χ1) is 15.5. The van der Waals surface area contributed by atoms with Gasteiger partial charge in [0.15, 0.2) is 23.3 Å². The van der Waals surface area contributed by atoms with Gasteiger partial charge in [-0.15, -0.1) is 0 Å². The number of oxime groups is 1. The number of rotatable bonds is 6. The second-order valence-electron chi connectivity index (χ2n) is 6.90. The minimum atomic E-state index is -0.671. The first kappa shape index (κ1) is 21.9. The lowest BCUT2D eigenvalue weighted by Crippen LogP contribution is -2.31. The van der Waals surface area contributed by atoms with Gasteiger partial charge in [-0.2, -0.15) is 5.10 Å². The minimum Gasteiger partial charge on any atom is -0.492 e. The maximum absolute atomic E-state index is 13.3. The SMILES string of the molecule is COc1c2c(c(Br)c(C3ON=C(C(=O)NN=Cc4cccc(F)c4)C3C)c1OC)OCO2. The van der Waals surface area contributed by atoms with Crippen LogP contribution in [0, 0.1) is 11.7 Å². The molecule has 32 heavy (non-hydrogen) atoms. The fraction of sp³-hybridized carbons (Fsp3) is 0.286. The summed E-state index contributed by atoms with van der Waals surface area (Å²) in [6, 6.07) is 5.82. The molecule has 0 spiro atoms. The Balaban J connectivity index is 1.56. The lowest BCUT2D eigenvalue weighted by atomic mass is 9.92. The average molecular weight is 508 g/mol. The molecule has 168 valence electrons. The molecule has 2 heterocycles. The van der Waals surface area contributed by atoms with E-state index in [9.17, 15) is 9.18 Å². The molecule has 2 aromatic rings. The molecule has 0 aliphatic carbocycles. The molecule has 1 N–H and O–H groups in total. The van der Waals surface area contributed by atoms with Gasteiger partial charge < -0.3 is 23.8 Å². The topological polar surface area (TPSA) is 100.0 Å². The predicted molar refractivity (Wildman–Crippen MR) is 116 cm³/mol. The summed E-state index contributed by atoms with van der Waals surface area (Å²) in [5.41, 5.74) is 3.59. The molecule has 0 radical (unpaired) electrons. The number of ether oxygens (including phenoxy) is 4. The third kappa shape index (κ3) is 3.83. The number of benzene rings is 2. The van der Waals surface area contributed by atoms with Crippen molar-refractivity contribution in [1.29, 1.82) is 0 Å². The summed E-state index contributed by atoms with van der Waals surface area (Å²) in [7, 11) is 2.98. The molecule has 11 heteroatoms. The zero-order valence-electron chi connectivity index (χ0n) is 17.3. The standard InChI is InChI=1S/C21H19BrFN3O6/c1-10-15(21(27)25-24-8-11-5-4-6-12(23)7-11)26-32-16(10)13-14(22)18-20(31-9-30-18)19(29-3)17(13)28-2/h4-8,10,16H,9H2,1-3H3,(H,25,27). The second kappa shape index (κ2) is 9.03. The number of hydrazone groups is 1. The van der Waals surface area contributed by atoms with E-state index in [0.29, 0.717) is 38.6 Å². The monoisotopic (exact) mass is 507 g/mol. The lowest BCUT2D eigenvalue weighted by Gasteiger charge is -2.22. The molecule has 0 bridgehead atoms. The molecule has 0 fully saturated rings. The summed E-state index contributed by atoms with van der Waals surface area (Å²) >= 11 is 3.53. The van der Waals surface area contributed by atoms with E-state index in [1.807, 2.05) is 0 Å². The fourth-order valence-corrected chi connectivity index (χ4v) is 4.19. The molecule has 2 aliphatic heterocycles. The minimum absolute atomic E-state index is 0.0332. The van der Waals surface area contributed by atoms with Gasteiger partial charge in [0.2, 0.25) is 18.3 Å². The molecule has 0 saturated carbocycles. The summed E-state index contributed by atoms with van der Waals surface area (Å²) < 4.78 is 35.9. The highest BCUT2D eigenvalue weighted by molar-refractivity contribution is 9.10. The van der Waals surface area contributed by atoms with Crippen LogP contribution in [-0.4, -0.2) is 38.8 Å². The number of fused-ring (bicyclic) bond motifs is 1. The summed E-state index contributed by atoms with van der Waals surface area (Å²) in [5.74, 6) is 0.185. The van der Waals surface area contributed by atoms with Crippen LogP contribution in [0.4, 0.5) is 4.39 Å². The molecule has 2 unspecified atom stereocenters. The van der Waals surface area contributed by atoms with Gasteiger partial charge in [0, 0.05) is 0 Å². The number of nitrogens with zero attached hydrogens (tertiary/aromatic N) is 2. The molecule has 2 aliphatic rings. The number of methoxy groups -OCH3 is 2. The molecule has 9 nitrogen and oxygen atoms in total. The average Bonchev–Trinajstić information content (AvgIpc) is 3.41. The van der Waals surface area contributed by atoms with Gasteiger partial charge in [0.05, 0.1) is 36.4 Å². The number of nitrogens with one attached hydrogen (secondary N) is 1. The van der Waals surface area contributed by atoms with Crippen molar-refractivity contribution < 1.29 is 33.0 Å². The van der Waals surface area contributed by atoms with Gasteiger partial charge >= 0.3 is 0 Å². The van der Waals surface area contributed by atoms with Crippen LogP contribution < -0.4 is 24.4 Å². The Morgan fingerprint density at radius 3 is 2.75 bits per heavy atom. The molecule has 2 aromatic carbocycles. The molecule has 0 saturated heterocycles. The van der Waals surface area contributed by atoms with Crippen molar-refractivity contribution in [3.8, 4) is 23.0 Å². The van der Waals surface area contributed by atoms with Crippen LogP contribution in [0.15, 0.2) is 39.0 Å². The predicted octanol–water partition coefficient (Wildman–Crippen LogP) is 3.55. The van der Waals surface area contributed by atoms with E-state index >= 15 is 0 Å². The van der Waals surface area contributed by atoms with Crippen LogP contribution in [-0.2, 0) is 9.63 Å². The van der Waals surface area contributed by atoms with Crippen molar-refractivity contribution in [2.45, 2.75) is 13.0 Å². The van der Waals surface area contributed by atoms with Gasteiger partial charge in [-0.1, -0.05) is 24.2 Å². The largest absolute Gasteiger partial charge is 0.492 e. The maximum atomic E-state index is 13.3. The van der Waals surface area contributed by atoms with E-state index in [1.165, 1.54) is 32.6 Å². The zero-order chi connectivity index (χ0) is 22.8. The van der Waals surface area contributed by atoms with Crippen LogP contribution in [0.5, 0.6) is 23.0 Å². The smallest absolute Gasteiger partial charge is 0.289 e. The van der Waals surface area contributed by atoms with Gasteiger partial charge in [-0.25, -0.2) is 9.82 Å². The number of amides is 1.